The topological polar surface area (TPSA) is 52.1 Å². The van der Waals surface area contributed by atoms with Gasteiger partial charge in [0.15, 0.2) is 21.7 Å². The van der Waals surface area contributed by atoms with Crippen molar-refractivity contribution in [2.75, 3.05) is 12.9 Å². The highest BCUT2D eigenvalue weighted by atomic mass is 32.2. The van der Waals surface area contributed by atoms with Crippen LogP contribution in [0.4, 0.5) is 4.39 Å². The summed E-state index contributed by atoms with van der Waals surface area (Å²) >= 11 is 2.73. The monoisotopic (exact) mass is 298 g/mol. The highest BCUT2D eigenvalue weighted by molar-refractivity contribution is 8.01. The van der Waals surface area contributed by atoms with Crippen molar-refractivity contribution >= 4 is 28.9 Å². The Hall–Kier alpha value is -1.47. The van der Waals surface area contributed by atoms with E-state index in [0.717, 1.165) is 9.35 Å². The van der Waals surface area contributed by atoms with E-state index in [1.807, 2.05) is 6.92 Å². The third-order valence-corrected chi connectivity index (χ3v) is 4.28. The van der Waals surface area contributed by atoms with E-state index >= 15 is 0 Å². The molecule has 2 aromatic rings. The number of ketones is 1. The molecule has 100 valence electrons. The van der Waals surface area contributed by atoms with Crippen LogP contribution >= 0.6 is 23.1 Å². The van der Waals surface area contributed by atoms with Crippen molar-refractivity contribution in [3.8, 4) is 5.75 Å². The summed E-state index contributed by atoms with van der Waals surface area (Å²) in [4.78, 5) is 11.9. The average molecular weight is 298 g/mol. The summed E-state index contributed by atoms with van der Waals surface area (Å²) in [7, 11) is 1.38. The molecule has 0 aliphatic rings. The summed E-state index contributed by atoms with van der Waals surface area (Å²) in [6.45, 7) is 1.85. The van der Waals surface area contributed by atoms with Gasteiger partial charge in [-0.2, -0.15) is 0 Å². The fraction of sp³-hybridized carbons (Fsp3) is 0.250. The summed E-state index contributed by atoms with van der Waals surface area (Å²) in [5, 5.41) is 8.63. The highest BCUT2D eigenvalue weighted by Gasteiger charge is 2.12. The summed E-state index contributed by atoms with van der Waals surface area (Å²) in [5.41, 5.74) is 0.326. The van der Waals surface area contributed by atoms with Gasteiger partial charge in [-0.1, -0.05) is 23.1 Å². The molecule has 0 aliphatic carbocycles. The fourth-order valence-corrected chi connectivity index (χ4v) is 3.10. The Labute approximate surface area is 118 Å². The largest absolute Gasteiger partial charge is 0.494 e. The van der Waals surface area contributed by atoms with E-state index in [-0.39, 0.29) is 17.3 Å². The van der Waals surface area contributed by atoms with Gasteiger partial charge < -0.3 is 4.74 Å². The molecule has 0 amide bonds. The fourth-order valence-electron chi connectivity index (χ4n) is 1.39. The number of rotatable bonds is 5. The number of benzene rings is 1. The lowest BCUT2D eigenvalue weighted by molar-refractivity contribution is 0.102. The van der Waals surface area contributed by atoms with E-state index in [4.69, 9.17) is 4.74 Å². The number of aryl methyl sites for hydroxylation is 1. The Bertz CT molecular complexity index is 601. The number of hydrogen-bond acceptors (Lipinski definition) is 6. The summed E-state index contributed by atoms with van der Waals surface area (Å²) in [6, 6.07) is 4.19. The normalized spacial score (nSPS) is 10.5. The van der Waals surface area contributed by atoms with E-state index in [9.17, 15) is 9.18 Å². The van der Waals surface area contributed by atoms with E-state index in [0.29, 0.717) is 5.56 Å². The highest BCUT2D eigenvalue weighted by Crippen LogP contribution is 2.24. The van der Waals surface area contributed by atoms with Crippen LogP contribution in [-0.4, -0.2) is 28.8 Å². The van der Waals surface area contributed by atoms with Crippen LogP contribution in [0.1, 0.15) is 15.4 Å². The molecule has 0 fully saturated rings. The molecular formula is C12H11FN2O2S2. The van der Waals surface area contributed by atoms with Crippen molar-refractivity contribution < 1.29 is 13.9 Å². The zero-order chi connectivity index (χ0) is 13.8. The first-order valence-corrected chi connectivity index (χ1v) is 7.20. The predicted octanol–water partition coefficient (Wildman–Crippen LogP) is 2.97. The maximum Gasteiger partial charge on any atom is 0.174 e. The van der Waals surface area contributed by atoms with Crippen molar-refractivity contribution in [3.63, 3.8) is 0 Å². The molecule has 0 unspecified atom stereocenters. The van der Waals surface area contributed by atoms with E-state index < -0.39 is 5.82 Å². The first-order chi connectivity index (χ1) is 9.10. The van der Waals surface area contributed by atoms with Gasteiger partial charge in [-0.05, 0) is 25.1 Å². The lowest BCUT2D eigenvalue weighted by atomic mass is 10.1. The van der Waals surface area contributed by atoms with Crippen LogP contribution in [0.5, 0.6) is 5.75 Å². The summed E-state index contributed by atoms with van der Waals surface area (Å²) < 4.78 is 19.0. The van der Waals surface area contributed by atoms with Crippen molar-refractivity contribution in [2.24, 2.45) is 0 Å². The number of carbonyl (C=O) groups excluding carboxylic acids is 1. The van der Waals surface area contributed by atoms with Gasteiger partial charge in [0.05, 0.1) is 12.9 Å². The van der Waals surface area contributed by atoms with Gasteiger partial charge in [-0.25, -0.2) is 4.39 Å². The van der Waals surface area contributed by atoms with Crippen LogP contribution < -0.4 is 4.74 Å². The second-order valence-electron chi connectivity index (χ2n) is 3.65. The van der Waals surface area contributed by atoms with Gasteiger partial charge in [-0.3, -0.25) is 4.79 Å². The Morgan fingerprint density at radius 2 is 2.26 bits per heavy atom. The maximum atomic E-state index is 13.5. The number of Topliss-reactive ketones (excluding diaryl/α,β-unsaturated/α-hetero) is 1. The van der Waals surface area contributed by atoms with Crippen LogP contribution in [-0.2, 0) is 0 Å². The second kappa shape index (κ2) is 6.12. The zero-order valence-corrected chi connectivity index (χ0v) is 12.0. The molecule has 0 saturated heterocycles. The number of hydrogen-bond donors (Lipinski definition) is 0. The minimum atomic E-state index is -0.537. The molecular weight excluding hydrogens is 287 g/mol. The molecule has 4 nitrogen and oxygen atoms in total. The molecule has 0 spiro atoms. The van der Waals surface area contributed by atoms with Gasteiger partial charge in [0.25, 0.3) is 0 Å². The Balaban J connectivity index is 2.01. The van der Waals surface area contributed by atoms with Gasteiger partial charge in [0, 0.05) is 5.56 Å². The molecule has 7 heteroatoms. The van der Waals surface area contributed by atoms with E-state index in [1.165, 1.54) is 42.3 Å². The lowest BCUT2D eigenvalue weighted by Crippen LogP contribution is -2.03. The number of halogens is 1. The second-order valence-corrected chi connectivity index (χ2v) is 6.05. The van der Waals surface area contributed by atoms with Crippen molar-refractivity contribution in [3.05, 3.63) is 34.6 Å². The quantitative estimate of drug-likeness (QED) is 0.627. The third kappa shape index (κ3) is 3.51. The predicted molar refractivity (Wildman–Crippen MR) is 72.7 cm³/mol. The maximum absolute atomic E-state index is 13.5. The minimum Gasteiger partial charge on any atom is -0.494 e. The number of nitrogens with zero attached hydrogens (tertiary/aromatic N) is 2. The molecule has 1 heterocycles. The van der Waals surface area contributed by atoms with Crippen molar-refractivity contribution in [2.45, 2.75) is 11.3 Å². The van der Waals surface area contributed by atoms with Crippen LogP contribution in [0.3, 0.4) is 0 Å². The Morgan fingerprint density at radius 1 is 1.47 bits per heavy atom. The van der Waals surface area contributed by atoms with Crippen molar-refractivity contribution in [1.29, 1.82) is 0 Å². The molecule has 1 aromatic carbocycles. The molecule has 0 bridgehead atoms. The van der Waals surface area contributed by atoms with Crippen LogP contribution in [0.2, 0.25) is 0 Å². The van der Waals surface area contributed by atoms with Gasteiger partial charge in [-0.15, -0.1) is 10.2 Å². The van der Waals surface area contributed by atoms with Crippen molar-refractivity contribution in [1.82, 2.24) is 10.2 Å². The van der Waals surface area contributed by atoms with Gasteiger partial charge in [0.2, 0.25) is 0 Å². The molecule has 19 heavy (non-hydrogen) atoms. The Kier molecular flexibility index (Phi) is 4.49. The SMILES string of the molecule is COc1ccc(C(=O)CSc2nnc(C)s2)cc1F. The third-order valence-electron chi connectivity index (χ3n) is 2.31. The van der Waals surface area contributed by atoms with Gasteiger partial charge >= 0.3 is 0 Å². The number of thioether (sulfide) groups is 1. The number of aromatic nitrogens is 2. The van der Waals surface area contributed by atoms with E-state index in [2.05, 4.69) is 10.2 Å². The summed E-state index contributed by atoms with van der Waals surface area (Å²) in [6.07, 6.45) is 0. The first kappa shape index (κ1) is 14.0. The smallest absolute Gasteiger partial charge is 0.174 e. The number of methoxy groups -OCH3 is 1. The standard InChI is InChI=1S/C12H11FN2O2S2/c1-7-14-15-12(19-7)18-6-10(16)8-3-4-11(17-2)9(13)5-8/h3-5H,6H2,1-2H3. The minimum absolute atomic E-state index is 0.129. The molecule has 0 N–H and O–H groups in total. The van der Waals surface area contributed by atoms with E-state index in [1.54, 1.807) is 6.07 Å². The molecule has 0 atom stereocenters. The number of ether oxygens (including phenoxy) is 1. The Morgan fingerprint density at radius 3 is 2.84 bits per heavy atom. The molecule has 1 aromatic heterocycles. The lowest BCUT2D eigenvalue weighted by Gasteiger charge is -2.03. The van der Waals surface area contributed by atoms with Crippen LogP contribution in [0.15, 0.2) is 22.5 Å². The number of carbonyl (C=O) groups is 1. The molecule has 0 saturated carbocycles. The zero-order valence-electron chi connectivity index (χ0n) is 10.3. The first-order valence-electron chi connectivity index (χ1n) is 5.40. The van der Waals surface area contributed by atoms with Gasteiger partial charge in [0.1, 0.15) is 5.01 Å². The summed E-state index contributed by atoms with van der Waals surface area (Å²) in [5.74, 6) is -0.353. The molecule has 2 rings (SSSR count). The van der Waals surface area contributed by atoms with Crippen LogP contribution in [0.25, 0.3) is 0 Å². The van der Waals surface area contributed by atoms with Crippen LogP contribution in [0, 0.1) is 12.7 Å². The average Bonchev–Trinajstić information content (AvgIpc) is 2.81. The molecule has 0 aliphatic heterocycles. The molecule has 0 radical (unpaired) electrons.